The Hall–Kier alpha value is -8.46. The Morgan fingerprint density at radius 1 is 0.231 bits per heavy atom. The van der Waals surface area contributed by atoms with Gasteiger partial charge < -0.3 is 9.80 Å². The molecule has 10 aromatic rings. The third kappa shape index (κ3) is 20.2. The smallest absolute Gasteiger partial charge is 0.0465 e. The van der Waals surface area contributed by atoms with E-state index in [1.807, 2.05) is 0 Å². The Bertz CT molecular complexity index is 4690. The highest BCUT2D eigenvalue weighted by atomic mass is 15.1. The fraction of sp³-hybridized carbons (Fsp3) is 0.461. The van der Waals surface area contributed by atoms with Crippen LogP contribution in [-0.2, 0) is 16.2 Å². The molecule has 0 aromatic heterocycles. The normalized spacial score (nSPS) is 13.6. The molecule has 0 radical (unpaired) electrons. The molecule has 0 saturated heterocycles. The van der Waals surface area contributed by atoms with E-state index in [1.54, 1.807) is 22.3 Å². The molecule has 2 nitrogen and oxygen atoms in total. The number of hydrogen-bond donors (Lipinski definition) is 0. The molecule has 0 spiro atoms. The number of anilines is 6. The minimum atomic E-state index is -0.190. The average molecular weight is 1560 g/mol. The maximum absolute atomic E-state index is 4.31. The fourth-order valence-corrected chi connectivity index (χ4v) is 21.3. The molecule has 0 heterocycles. The van der Waals surface area contributed by atoms with Gasteiger partial charge >= 0.3 is 0 Å². The summed E-state index contributed by atoms with van der Waals surface area (Å²) >= 11 is 0. The van der Waals surface area contributed by atoms with E-state index >= 15 is 0 Å². The van der Waals surface area contributed by atoms with Crippen LogP contribution >= 0.6 is 0 Å². The van der Waals surface area contributed by atoms with Crippen LogP contribution in [0.4, 0.5) is 34.1 Å². The first-order valence-corrected chi connectivity index (χ1v) is 48.0. The zero-order chi connectivity index (χ0) is 81.2. The molecule has 0 aliphatic heterocycles. The molecule has 10 aromatic carbocycles. The topological polar surface area (TPSA) is 6.48 Å². The standard InChI is InChI=1S/C115H146N2.H2/c1-10-17-23-29-35-43-77-113(78-44-36-30-24-18-11-2)107-50-42-41-49-101(107)103-73-60-93(84-109(103)113)91-56-66-97(67-57-91)116(95-62-51-88(8)52-63-95)99-70-75-105-106-76-71-100(87-112(106)115(111(105)86-99,81-47-39-33-27-21-14-5)82-48-40-34-28-22-15-6)117(96-64-53-89(9)54-65-96)98-68-58-92(59-69-98)94-61-74-104-102-72-55-90(16-7)83-108(102)114(110(104)85-94,79-45-37-31-25-19-12-3)80-46-38-32-26-20-13-4;/h16,41-42,49-76,83-87H,7,10-15,17-40,43-48,77-82H2,1-6,8-9H3;1H/i;1+1. The fourth-order valence-electron chi connectivity index (χ4n) is 21.3. The van der Waals surface area contributed by atoms with Crippen LogP contribution in [0.3, 0.4) is 0 Å². The van der Waals surface area contributed by atoms with E-state index in [0.717, 1.165) is 12.8 Å². The van der Waals surface area contributed by atoms with Gasteiger partial charge in [-0.15, -0.1) is 0 Å². The second-order valence-corrected chi connectivity index (χ2v) is 36.3. The SMILES string of the molecule is C=Cc1ccc2c(c1)C(CCCCCCCC)(CCCCCCCC)c1cc(-c3ccc(N(c4ccc(C)cc4)c4ccc5c(c4)C(CCCCCCCC)(CCCCCCCC)c4cc(N(c6ccc(C)cc6)c6ccc(-c7ccc8c(c7)C(CCCCCCCC)(CCCCCCCC)c7ccccc7-8)cc6)ccc4-5)cc3)ccc1-2.[2HH]. The van der Waals surface area contributed by atoms with Gasteiger partial charge in [0, 0.05) is 51.8 Å². The van der Waals surface area contributed by atoms with Crippen LogP contribution < -0.4 is 9.80 Å². The molecule has 0 atom stereocenters. The van der Waals surface area contributed by atoms with Gasteiger partial charge in [0.2, 0.25) is 0 Å². The Kier molecular flexibility index (Phi) is 31.7. The third-order valence-electron chi connectivity index (χ3n) is 28.0. The van der Waals surface area contributed by atoms with E-state index in [9.17, 15) is 0 Å². The Morgan fingerprint density at radius 3 is 0.795 bits per heavy atom. The monoisotopic (exact) mass is 1560 g/mol. The first-order chi connectivity index (χ1) is 57.5. The highest BCUT2D eigenvalue weighted by molar-refractivity contribution is 5.91. The van der Waals surface area contributed by atoms with Crippen molar-refractivity contribution in [2.75, 3.05) is 9.80 Å². The van der Waals surface area contributed by atoms with E-state index in [1.165, 1.54) is 374 Å². The van der Waals surface area contributed by atoms with E-state index < -0.39 is 0 Å². The number of nitrogens with zero attached hydrogens (tertiary/aromatic N) is 2. The summed E-state index contributed by atoms with van der Waals surface area (Å²) in [4.78, 5) is 5.16. The summed E-state index contributed by atoms with van der Waals surface area (Å²) in [7, 11) is 0. The van der Waals surface area contributed by atoms with Crippen molar-refractivity contribution >= 4 is 40.2 Å². The van der Waals surface area contributed by atoms with Gasteiger partial charge in [-0.3, -0.25) is 0 Å². The number of hydrogen-bond acceptors (Lipinski definition) is 2. The van der Waals surface area contributed by atoms with Gasteiger partial charge in [0.1, 0.15) is 0 Å². The van der Waals surface area contributed by atoms with Crippen molar-refractivity contribution in [2.24, 2.45) is 0 Å². The van der Waals surface area contributed by atoms with E-state index in [2.05, 4.69) is 290 Å². The zero-order valence-electron chi connectivity index (χ0n) is 74.1. The van der Waals surface area contributed by atoms with E-state index in [0.29, 0.717) is 0 Å². The number of unbranched alkanes of at least 4 members (excludes halogenated alkanes) is 30. The summed E-state index contributed by atoms with van der Waals surface area (Å²) < 4.78 is 0. The Morgan fingerprint density at radius 2 is 0.470 bits per heavy atom. The van der Waals surface area contributed by atoms with Crippen LogP contribution in [0.5, 0.6) is 0 Å². The van der Waals surface area contributed by atoms with Gasteiger partial charge in [-0.25, -0.2) is 0 Å². The Balaban J connectivity index is 0.0000128. The lowest BCUT2D eigenvalue weighted by Gasteiger charge is -2.35. The van der Waals surface area contributed by atoms with Crippen LogP contribution in [0, 0.1) is 13.8 Å². The highest BCUT2D eigenvalue weighted by Gasteiger charge is 2.46. The van der Waals surface area contributed by atoms with Crippen LogP contribution in [0.15, 0.2) is 219 Å². The van der Waals surface area contributed by atoms with Gasteiger partial charge in [-0.2, -0.15) is 0 Å². The summed E-state index contributed by atoms with van der Waals surface area (Å²) in [5.41, 5.74) is 33.9. The lowest BCUT2D eigenvalue weighted by molar-refractivity contribution is 0.398. The molecule has 0 amide bonds. The highest BCUT2D eigenvalue weighted by Crippen LogP contribution is 2.60. The molecular weight excluding hydrogens is 1410 g/mol. The van der Waals surface area contributed by atoms with Crippen molar-refractivity contribution in [1.29, 1.82) is 0 Å². The summed E-state index contributed by atoms with van der Waals surface area (Å²) in [6, 6.07) is 85.4. The molecule has 117 heavy (non-hydrogen) atoms. The van der Waals surface area contributed by atoms with Crippen molar-refractivity contribution < 1.29 is 1.43 Å². The van der Waals surface area contributed by atoms with Gasteiger partial charge in [0.05, 0.1) is 0 Å². The minimum absolute atomic E-state index is 0. The number of aryl methyl sites for hydroxylation is 2. The molecule has 3 aliphatic rings. The first kappa shape index (κ1) is 86.4. The molecule has 0 unspecified atom stereocenters. The molecule has 0 saturated carbocycles. The van der Waals surface area contributed by atoms with Crippen molar-refractivity contribution in [2.45, 2.75) is 341 Å². The third-order valence-corrected chi connectivity index (χ3v) is 28.0. The second-order valence-electron chi connectivity index (χ2n) is 36.3. The predicted molar refractivity (Wildman–Crippen MR) is 515 cm³/mol. The summed E-state index contributed by atoms with van der Waals surface area (Å²) in [6.07, 6.45) is 56.1. The van der Waals surface area contributed by atoms with Crippen LogP contribution in [0.2, 0.25) is 0 Å². The molecule has 2 heteroatoms. The molecule has 0 fully saturated rings. The molecule has 3 aliphatic carbocycles. The van der Waals surface area contributed by atoms with Gasteiger partial charge in [0.15, 0.2) is 0 Å². The zero-order valence-corrected chi connectivity index (χ0v) is 74.1. The second kappa shape index (κ2) is 43.0. The summed E-state index contributed by atoms with van der Waals surface area (Å²) in [5, 5.41) is 0. The number of rotatable bonds is 51. The predicted octanol–water partition coefficient (Wildman–Crippen LogP) is 36.8. The average Bonchev–Trinajstić information content (AvgIpc) is 1.59. The van der Waals surface area contributed by atoms with Crippen LogP contribution in [-0.4, -0.2) is 0 Å². The van der Waals surface area contributed by atoms with Crippen molar-refractivity contribution in [3.63, 3.8) is 0 Å². The summed E-state index contributed by atoms with van der Waals surface area (Å²) in [6.45, 7) is 22.8. The van der Waals surface area contributed by atoms with Crippen LogP contribution in [0.25, 0.3) is 61.7 Å². The van der Waals surface area contributed by atoms with Gasteiger partial charge in [-0.1, -0.05) is 424 Å². The molecular formula is C115H148N2. The molecule has 618 valence electrons. The molecule has 13 rings (SSSR count). The van der Waals surface area contributed by atoms with Crippen molar-refractivity contribution in [1.82, 2.24) is 0 Å². The number of fused-ring (bicyclic) bond motifs is 9. The van der Waals surface area contributed by atoms with Gasteiger partial charge in [0.25, 0.3) is 0 Å². The Labute approximate surface area is 712 Å². The molecule has 0 N–H and O–H groups in total. The van der Waals surface area contributed by atoms with E-state index in [4.69, 9.17) is 0 Å². The van der Waals surface area contributed by atoms with Gasteiger partial charge in [-0.05, 0) is 232 Å². The quantitative estimate of drug-likeness (QED) is 0.0351. The maximum atomic E-state index is 4.31. The minimum Gasteiger partial charge on any atom is -0.310 e. The summed E-state index contributed by atoms with van der Waals surface area (Å²) in [5.74, 6) is 0. The lowest BCUT2D eigenvalue weighted by Crippen LogP contribution is -2.26. The first-order valence-electron chi connectivity index (χ1n) is 48.0. The number of benzene rings is 10. The van der Waals surface area contributed by atoms with Crippen molar-refractivity contribution in [3.05, 3.63) is 269 Å². The van der Waals surface area contributed by atoms with E-state index in [-0.39, 0.29) is 17.7 Å². The maximum Gasteiger partial charge on any atom is 0.0465 e. The molecule has 0 bridgehead atoms. The largest absolute Gasteiger partial charge is 0.310 e. The lowest BCUT2D eigenvalue weighted by atomic mass is 9.70. The van der Waals surface area contributed by atoms with Crippen LogP contribution in [0.1, 0.15) is 363 Å². The van der Waals surface area contributed by atoms with Crippen molar-refractivity contribution in [3.8, 4) is 55.6 Å².